The number of rotatable bonds is 3. The van der Waals surface area contributed by atoms with E-state index in [1.807, 2.05) is 0 Å². The molecule has 90 valence electrons. The Morgan fingerprint density at radius 1 is 1.65 bits per heavy atom. The standard InChI is InChI=1S/C12H16N4O/c13-7-10-1-4-15-12(11(10)14)16-5-2-9(8-16)3-6-17/h1,4,9,17H,2-3,5-6,8,14H2. The molecule has 2 rings (SSSR count). The first-order chi connectivity index (χ1) is 8.26. The molecule has 2 heterocycles. The zero-order valence-corrected chi connectivity index (χ0v) is 9.63. The molecule has 1 atom stereocenters. The van der Waals surface area contributed by atoms with Gasteiger partial charge in [0, 0.05) is 25.9 Å². The van der Waals surface area contributed by atoms with Crippen LogP contribution < -0.4 is 10.6 Å². The van der Waals surface area contributed by atoms with Crippen LogP contribution in [-0.2, 0) is 0 Å². The topological polar surface area (TPSA) is 86.2 Å². The van der Waals surface area contributed by atoms with Gasteiger partial charge in [-0.2, -0.15) is 5.26 Å². The van der Waals surface area contributed by atoms with Crippen molar-refractivity contribution in [2.75, 3.05) is 30.3 Å². The lowest BCUT2D eigenvalue weighted by Gasteiger charge is -2.19. The van der Waals surface area contributed by atoms with E-state index in [4.69, 9.17) is 16.1 Å². The monoisotopic (exact) mass is 232 g/mol. The van der Waals surface area contributed by atoms with Gasteiger partial charge in [-0.3, -0.25) is 0 Å². The van der Waals surface area contributed by atoms with Crippen molar-refractivity contribution in [2.45, 2.75) is 12.8 Å². The molecule has 1 aliphatic rings. The maximum absolute atomic E-state index is 8.92. The van der Waals surface area contributed by atoms with Crippen molar-refractivity contribution in [3.63, 3.8) is 0 Å². The number of nitriles is 1. The SMILES string of the molecule is N#Cc1ccnc(N2CCC(CCO)C2)c1N. The first-order valence-corrected chi connectivity index (χ1v) is 5.76. The molecule has 0 amide bonds. The minimum atomic E-state index is 0.222. The Kier molecular flexibility index (Phi) is 3.45. The maximum atomic E-state index is 8.92. The van der Waals surface area contributed by atoms with Crippen LogP contribution in [0.5, 0.6) is 0 Å². The lowest BCUT2D eigenvalue weighted by atomic mass is 10.1. The first kappa shape index (κ1) is 11.7. The predicted octanol–water partition coefficient (Wildman–Crippen LogP) is 0.744. The third-order valence-corrected chi connectivity index (χ3v) is 3.21. The summed E-state index contributed by atoms with van der Waals surface area (Å²) >= 11 is 0. The molecule has 5 nitrogen and oxygen atoms in total. The highest BCUT2D eigenvalue weighted by atomic mass is 16.3. The molecule has 1 aromatic heterocycles. The molecule has 0 radical (unpaired) electrons. The van der Waals surface area contributed by atoms with Crippen LogP contribution in [0, 0.1) is 17.2 Å². The Bertz CT molecular complexity index is 441. The highest BCUT2D eigenvalue weighted by molar-refractivity contribution is 5.70. The summed E-state index contributed by atoms with van der Waals surface area (Å²) in [6.45, 7) is 1.96. The van der Waals surface area contributed by atoms with Crippen LogP contribution in [0.1, 0.15) is 18.4 Å². The number of pyridine rings is 1. The van der Waals surface area contributed by atoms with Gasteiger partial charge in [-0.15, -0.1) is 0 Å². The maximum Gasteiger partial charge on any atom is 0.153 e. The van der Waals surface area contributed by atoms with E-state index < -0.39 is 0 Å². The number of nitrogen functional groups attached to an aromatic ring is 1. The predicted molar refractivity (Wildman–Crippen MR) is 65.4 cm³/mol. The number of nitrogens with two attached hydrogens (primary N) is 1. The third kappa shape index (κ3) is 2.32. The van der Waals surface area contributed by atoms with Gasteiger partial charge in [-0.05, 0) is 24.8 Å². The summed E-state index contributed by atoms with van der Waals surface area (Å²) in [7, 11) is 0. The van der Waals surface area contributed by atoms with Crippen molar-refractivity contribution in [3.8, 4) is 6.07 Å². The third-order valence-electron chi connectivity index (χ3n) is 3.21. The molecule has 0 saturated carbocycles. The van der Waals surface area contributed by atoms with Crippen LogP contribution in [-0.4, -0.2) is 29.8 Å². The Hall–Kier alpha value is -1.80. The van der Waals surface area contributed by atoms with Gasteiger partial charge in [0.25, 0.3) is 0 Å². The van der Waals surface area contributed by atoms with Crippen molar-refractivity contribution in [3.05, 3.63) is 17.8 Å². The van der Waals surface area contributed by atoms with Crippen LogP contribution in [0.2, 0.25) is 0 Å². The summed E-state index contributed by atoms with van der Waals surface area (Å²) in [5.41, 5.74) is 6.85. The molecule has 1 aliphatic heterocycles. The van der Waals surface area contributed by atoms with E-state index >= 15 is 0 Å². The molecule has 0 aliphatic carbocycles. The number of aliphatic hydroxyl groups is 1. The Morgan fingerprint density at radius 3 is 3.18 bits per heavy atom. The second-order valence-electron chi connectivity index (χ2n) is 4.32. The van der Waals surface area contributed by atoms with Crippen molar-refractivity contribution in [2.24, 2.45) is 5.92 Å². The second kappa shape index (κ2) is 5.02. The van der Waals surface area contributed by atoms with E-state index in [9.17, 15) is 0 Å². The average molecular weight is 232 g/mol. The van der Waals surface area contributed by atoms with E-state index in [0.29, 0.717) is 23.0 Å². The number of aliphatic hydroxyl groups excluding tert-OH is 1. The molecule has 0 spiro atoms. The van der Waals surface area contributed by atoms with Gasteiger partial charge < -0.3 is 15.7 Å². The van der Waals surface area contributed by atoms with Gasteiger partial charge in [0.05, 0.1) is 11.3 Å². The number of anilines is 2. The molecule has 1 fully saturated rings. The van der Waals surface area contributed by atoms with Crippen LogP contribution in [0.15, 0.2) is 12.3 Å². The molecule has 1 aromatic rings. The summed E-state index contributed by atoms with van der Waals surface area (Å²) in [5.74, 6) is 1.19. The smallest absolute Gasteiger partial charge is 0.153 e. The Balaban J connectivity index is 2.17. The Morgan fingerprint density at radius 2 is 2.47 bits per heavy atom. The van der Waals surface area contributed by atoms with Crippen molar-refractivity contribution in [1.82, 2.24) is 4.98 Å². The van der Waals surface area contributed by atoms with Crippen LogP contribution in [0.25, 0.3) is 0 Å². The van der Waals surface area contributed by atoms with Gasteiger partial charge in [-0.25, -0.2) is 4.98 Å². The Labute approximate surface area is 100 Å². The summed E-state index contributed by atoms with van der Waals surface area (Å²) in [6, 6.07) is 3.69. The van der Waals surface area contributed by atoms with Crippen LogP contribution >= 0.6 is 0 Å². The summed E-state index contributed by atoms with van der Waals surface area (Å²) in [4.78, 5) is 6.34. The molecule has 5 heteroatoms. The number of hydrogen-bond donors (Lipinski definition) is 2. The fraction of sp³-hybridized carbons (Fsp3) is 0.500. The minimum Gasteiger partial charge on any atom is -0.396 e. The lowest BCUT2D eigenvalue weighted by molar-refractivity contribution is 0.263. The van der Waals surface area contributed by atoms with Crippen molar-refractivity contribution in [1.29, 1.82) is 5.26 Å². The molecular weight excluding hydrogens is 216 g/mol. The molecule has 3 N–H and O–H groups in total. The van der Waals surface area contributed by atoms with Gasteiger partial charge in [0.2, 0.25) is 0 Å². The van der Waals surface area contributed by atoms with E-state index in [1.165, 1.54) is 0 Å². The fourth-order valence-corrected chi connectivity index (χ4v) is 2.25. The first-order valence-electron chi connectivity index (χ1n) is 5.76. The highest BCUT2D eigenvalue weighted by Crippen LogP contribution is 2.29. The van der Waals surface area contributed by atoms with Crippen molar-refractivity contribution < 1.29 is 5.11 Å². The average Bonchev–Trinajstić information content (AvgIpc) is 2.78. The molecule has 0 aromatic carbocycles. The molecular formula is C12H16N4O. The number of aromatic nitrogens is 1. The van der Waals surface area contributed by atoms with E-state index in [1.54, 1.807) is 12.3 Å². The van der Waals surface area contributed by atoms with Crippen LogP contribution in [0.3, 0.4) is 0 Å². The van der Waals surface area contributed by atoms with Gasteiger partial charge in [0.1, 0.15) is 6.07 Å². The zero-order chi connectivity index (χ0) is 12.3. The minimum absolute atomic E-state index is 0.222. The molecule has 1 saturated heterocycles. The van der Waals surface area contributed by atoms with E-state index in [0.717, 1.165) is 25.9 Å². The van der Waals surface area contributed by atoms with Gasteiger partial charge >= 0.3 is 0 Å². The van der Waals surface area contributed by atoms with E-state index in [-0.39, 0.29) is 6.61 Å². The number of hydrogen-bond acceptors (Lipinski definition) is 5. The lowest BCUT2D eigenvalue weighted by Crippen LogP contribution is -2.22. The van der Waals surface area contributed by atoms with E-state index in [2.05, 4.69) is 16.0 Å². The largest absolute Gasteiger partial charge is 0.396 e. The van der Waals surface area contributed by atoms with Gasteiger partial charge in [-0.1, -0.05) is 0 Å². The quantitative estimate of drug-likeness (QED) is 0.803. The zero-order valence-electron chi connectivity index (χ0n) is 9.63. The molecule has 1 unspecified atom stereocenters. The van der Waals surface area contributed by atoms with Gasteiger partial charge in [0.15, 0.2) is 5.82 Å². The normalized spacial score (nSPS) is 19.3. The summed E-state index contributed by atoms with van der Waals surface area (Å²) in [5, 5.41) is 17.8. The summed E-state index contributed by atoms with van der Waals surface area (Å²) in [6.07, 6.45) is 3.47. The van der Waals surface area contributed by atoms with Crippen LogP contribution in [0.4, 0.5) is 11.5 Å². The molecule has 0 bridgehead atoms. The fourth-order valence-electron chi connectivity index (χ4n) is 2.25. The second-order valence-corrected chi connectivity index (χ2v) is 4.32. The van der Waals surface area contributed by atoms with Crippen molar-refractivity contribution >= 4 is 11.5 Å². The number of nitrogens with zero attached hydrogens (tertiary/aromatic N) is 3. The molecule has 17 heavy (non-hydrogen) atoms. The highest BCUT2D eigenvalue weighted by Gasteiger charge is 2.24. The summed E-state index contributed by atoms with van der Waals surface area (Å²) < 4.78 is 0.